The van der Waals surface area contributed by atoms with Gasteiger partial charge >= 0.3 is 0 Å². The first-order valence-electron chi connectivity index (χ1n) is 5.89. The van der Waals surface area contributed by atoms with Crippen LogP contribution in [0.25, 0.3) is 0 Å². The Morgan fingerprint density at radius 1 is 1.29 bits per heavy atom. The molecular formula is C13H22N2OS. The van der Waals surface area contributed by atoms with Crippen LogP contribution in [-0.4, -0.2) is 18.1 Å². The zero-order chi connectivity index (χ0) is 12.7. The molecule has 3 nitrogen and oxygen atoms in total. The first kappa shape index (κ1) is 14.4. The molecule has 4 heteroatoms. The molecule has 3 N–H and O–H groups in total. The summed E-state index contributed by atoms with van der Waals surface area (Å²) in [5.41, 5.74) is 4.07. The van der Waals surface area contributed by atoms with Gasteiger partial charge in [0.05, 0.1) is 6.10 Å². The summed E-state index contributed by atoms with van der Waals surface area (Å²) in [5.74, 6) is 7.58. The third-order valence-corrected chi connectivity index (χ3v) is 3.11. The number of ether oxygens (including phenoxy) is 1. The minimum atomic E-state index is 0.209. The largest absolute Gasteiger partial charge is 0.491 e. The van der Waals surface area contributed by atoms with E-state index in [4.69, 9.17) is 10.6 Å². The van der Waals surface area contributed by atoms with Crippen LogP contribution < -0.4 is 16.0 Å². The molecule has 0 amide bonds. The van der Waals surface area contributed by atoms with Gasteiger partial charge in [-0.3, -0.25) is 11.3 Å². The Bertz CT molecular complexity index is 314. The van der Waals surface area contributed by atoms with Gasteiger partial charge in [0, 0.05) is 6.04 Å². The molecule has 96 valence electrons. The minimum Gasteiger partial charge on any atom is -0.491 e. The van der Waals surface area contributed by atoms with Crippen molar-refractivity contribution in [1.29, 1.82) is 0 Å². The molecule has 1 unspecified atom stereocenters. The van der Waals surface area contributed by atoms with E-state index in [9.17, 15) is 0 Å². The maximum Gasteiger partial charge on any atom is 0.119 e. The zero-order valence-corrected chi connectivity index (χ0v) is 11.6. The lowest BCUT2D eigenvalue weighted by atomic mass is 10.1. The number of hydrogen-bond acceptors (Lipinski definition) is 4. The van der Waals surface area contributed by atoms with Crippen LogP contribution >= 0.6 is 11.8 Å². The number of hydrazine groups is 1. The molecule has 0 bridgehead atoms. The van der Waals surface area contributed by atoms with E-state index in [0.717, 1.165) is 17.9 Å². The number of hydrogen-bond donors (Lipinski definition) is 2. The van der Waals surface area contributed by atoms with Crippen molar-refractivity contribution in [1.82, 2.24) is 5.43 Å². The van der Waals surface area contributed by atoms with Crippen molar-refractivity contribution in [2.45, 2.75) is 32.4 Å². The molecule has 0 fully saturated rings. The van der Waals surface area contributed by atoms with Crippen LogP contribution in [0.1, 0.15) is 31.9 Å². The van der Waals surface area contributed by atoms with Gasteiger partial charge in [0.2, 0.25) is 0 Å². The standard InChI is InChI=1S/C13H22N2OS/c1-10(2)16-12-6-4-11(5-7-12)13(15-14)8-9-17-3/h4-7,10,13,15H,8-9,14H2,1-3H3. The molecule has 0 saturated carbocycles. The lowest BCUT2D eigenvalue weighted by Gasteiger charge is -2.16. The Balaban J connectivity index is 2.64. The summed E-state index contributed by atoms with van der Waals surface area (Å²) >= 11 is 1.83. The van der Waals surface area contributed by atoms with Crippen molar-refractivity contribution < 1.29 is 4.74 Å². The monoisotopic (exact) mass is 254 g/mol. The Morgan fingerprint density at radius 2 is 1.94 bits per heavy atom. The Morgan fingerprint density at radius 3 is 2.41 bits per heavy atom. The van der Waals surface area contributed by atoms with Crippen LogP contribution in [0.2, 0.25) is 0 Å². The van der Waals surface area contributed by atoms with E-state index < -0.39 is 0 Å². The van der Waals surface area contributed by atoms with Crippen LogP contribution in [0.4, 0.5) is 0 Å². The first-order chi connectivity index (χ1) is 8.17. The summed E-state index contributed by atoms with van der Waals surface area (Å²) in [6.45, 7) is 4.05. The topological polar surface area (TPSA) is 47.3 Å². The molecule has 0 aliphatic carbocycles. The molecule has 17 heavy (non-hydrogen) atoms. The number of nitrogens with one attached hydrogen (secondary N) is 1. The average Bonchev–Trinajstić information content (AvgIpc) is 2.31. The fraction of sp³-hybridized carbons (Fsp3) is 0.538. The minimum absolute atomic E-state index is 0.209. The van der Waals surface area contributed by atoms with Gasteiger partial charge in [-0.1, -0.05) is 12.1 Å². The van der Waals surface area contributed by atoms with E-state index in [1.807, 2.05) is 37.7 Å². The molecule has 0 aliphatic rings. The van der Waals surface area contributed by atoms with E-state index in [2.05, 4.69) is 23.8 Å². The summed E-state index contributed by atoms with van der Waals surface area (Å²) in [6.07, 6.45) is 3.34. The first-order valence-corrected chi connectivity index (χ1v) is 7.28. The van der Waals surface area contributed by atoms with Gasteiger partial charge in [-0.15, -0.1) is 0 Å². The molecule has 0 radical (unpaired) electrons. The number of benzene rings is 1. The van der Waals surface area contributed by atoms with E-state index in [-0.39, 0.29) is 12.1 Å². The predicted octanol–water partition coefficient (Wildman–Crippen LogP) is 2.73. The third-order valence-electron chi connectivity index (χ3n) is 2.47. The summed E-state index contributed by atoms with van der Waals surface area (Å²) in [4.78, 5) is 0. The highest BCUT2D eigenvalue weighted by molar-refractivity contribution is 7.98. The van der Waals surface area contributed by atoms with Gasteiger partial charge in [0.1, 0.15) is 5.75 Å². The fourth-order valence-electron chi connectivity index (χ4n) is 1.63. The van der Waals surface area contributed by atoms with Crippen LogP contribution in [0.5, 0.6) is 5.75 Å². The lowest BCUT2D eigenvalue weighted by Crippen LogP contribution is -2.28. The molecule has 0 saturated heterocycles. The second kappa shape index (κ2) is 7.58. The van der Waals surface area contributed by atoms with E-state index in [1.165, 1.54) is 5.56 Å². The smallest absolute Gasteiger partial charge is 0.119 e. The van der Waals surface area contributed by atoms with Crippen LogP contribution in [-0.2, 0) is 0 Å². The molecule has 1 aromatic carbocycles. The van der Waals surface area contributed by atoms with Gasteiger partial charge in [0.25, 0.3) is 0 Å². The van der Waals surface area contributed by atoms with Gasteiger partial charge in [-0.2, -0.15) is 11.8 Å². The zero-order valence-electron chi connectivity index (χ0n) is 10.8. The van der Waals surface area contributed by atoms with Crippen molar-refractivity contribution in [2.75, 3.05) is 12.0 Å². The van der Waals surface area contributed by atoms with E-state index in [1.54, 1.807) is 0 Å². The normalized spacial score (nSPS) is 12.8. The SMILES string of the molecule is CSCCC(NN)c1ccc(OC(C)C)cc1. The van der Waals surface area contributed by atoms with Crippen molar-refractivity contribution >= 4 is 11.8 Å². The quantitative estimate of drug-likeness (QED) is 0.580. The summed E-state index contributed by atoms with van der Waals surface area (Å²) in [5, 5.41) is 0. The molecule has 1 atom stereocenters. The van der Waals surface area contributed by atoms with Gasteiger partial charge in [-0.25, -0.2) is 0 Å². The Kier molecular flexibility index (Phi) is 6.40. The molecule has 0 aromatic heterocycles. The highest BCUT2D eigenvalue weighted by Gasteiger charge is 2.09. The van der Waals surface area contributed by atoms with Crippen molar-refractivity contribution in [3.63, 3.8) is 0 Å². The maximum absolute atomic E-state index is 5.61. The van der Waals surface area contributed by atoms with Crippen LogP contribution in [0, 0.1) is 0 Å². The van der Waals surface area contributed by atoms with E-state index >= 15 is 0 Å². The maximum atomic E-state index is 5.61. The molecule has 0 spiro atoms. The Labute approximate surface area is 108 Å². The molecule has 1 rings (SSSR count). The highest BCUT2D eigenvalue weighted by Crippen LogP contribution is 2.21. The molecule has 0 aliphatic heterocycles. The number of rotatable bonds is 7. The highest BCUT2D eigenvalue weighted by atomic mass is 32.2. The molecular weight excluding hydrogens is 232 g/mol. The van der Waals surface area contributed by atoms with Gasteiger partial charge in [-0.05, 0) is 50.0 Å². The second-order valence-electron chi connectivity index (χ2n) is 4.24. The summed E-state index contributed by atoms with van der Waals surface area (Å²) in [7, 11) is 0. The lowest BCUT2D eigenvalue weighted by molar-refractivity contribution is 0.242. The van der Waals surface area contributed by atoms with Crippen LogP contribution in [0.15, 0.2) is 24.3 Å². The number of nitrogens with two attached hydrogens (primary N) is 1. The van der Waals surface area contributed by atoms with Crippen molar-refractivity contribution in [3.8, 4) is 5.75 Å². The molecule has 0 heterocycles. The summed E-state index contributed by atoms with van der Waals surface area (Å²) in [6, 6.07) is 8.36. The van der Waals surface area contributed by atoms with Gasteiger partial charge in [0.15, 0.2) is 0 Å². The van der Waals surface area contributed by atoms with E-state index in [0.29, 0.717) is 0 Å². The molecule has 1 aromatic rings. The van der Waals surface area contributed by atoms with Gasteiger partial charge < -0.3 is 4.74 Å². The average molecular weight is 254 g/mol. The Hall–Kier alpha value is -0.710. The van der Waals surface area contributed by atoms with Crippen molar-refractivity contribution in [3.05, 3.63) is 29.8 Å². The predicted molar refractivity (Wildman–Crippen MR) is 75.3 cm³/mol. The van der Waals surface area contributed by atoms with Crippen molar-refractivity contribution in [2.24, 2.45) is 5.84 Å². The summed E-state index contributed by atoms with van der Waals surface area (Å²) < 4.78 is 5.61. The van der Waals surface area contributed by atoms with Crippen LogP contribution in [0.3, 0.4) is 0 Å². The third kappa shape index (κ3) is 4.98. The fourth-order valence-corrected chi connectivity index (χ4v) is 2.10. The number of thioether (sulfide) groups is 1. The second-order valence-corrected chi connectivity index (χ2v) is 5.22.